The maximum absolute atomic E-state index is 12.6. The molecule has 0 atom stereocenters. The molecule has 1 aliphatic carbocycles. The molecule has 136 valence electrons. The van der Waals surface area contributed by atoms with Crippen LogP contribution in [0.4, 0.5) is 10.5 Å². The molecule has 1 N–H and O–H groups in total. The maximum Gasteiger partial charge on any atom is 0.321 e. The number of rotatable bonds is 2. The fraction of sp³-hybridized carbons (Fsp3) is 0.579. The molecule has 5 nitrogen and oxygen atoms in total. The normalized spacial score (nSPS) is 19.0. The van der Waals surface area contributed by atoms with Gasteiger partial charge in [-0.2, -0.15) is 0 Å². The highest BCUT2D eigenvalue weighted by atomic mass is 35.5. The van der Waals surface area contributed by atoms with Gasteiger partial charge in [-0.05, 0) is 43.5 Å². The van der Waals surface area contributed by atoms with Crippen LogP contribution >= 0.6 is 11.6 Å². The van der Waals surface area contributed by atoms with Crippen molar-refractivity contribution in [1.82, 2.24) is 9.80 Å². The van der Waals surface area contributed by atoms with Crippen LogP contribution in [0.1, 0.15) is 37.7 Å². The summed E-state index contributed by atoms with van der Waals surface area (Å²) in [5.74, 6) is 0.485. The van der Waals surface area contributed by atoms with E-state index in [1.807, 2.05) is 24.0 Å². The van der Waals surface area contributed by atoms with Gasteiger partial charge in [0.05, 0.1) is 0 Å². The van der Waals surface area contributed by atoms with Gasteiger partial charge in [0.2, 0.25) is 5.91 Å². The maximum atomic E-state index is 12.6. The van der Waals surface area contributed by atoms with Crippen molar-refractivity contribution in [1.29, 1.82) is 0 Å². The Labute approximate surface area is 154 Å². The third kappa shape index (κ3) is 4.46. The van der Waals surface area contributed by atoms with Crippen LogP contribution in [0.3, 0.4) is 0 Å². The first-order valence-corrected chi connectivity index (χ1v) is 9.53. The Morgan fingerprint density at radius 3 is 2.32 bits per heavy atom. The molecule has 3 amide bonds. The van der Waals surface area contributed by atoms with E-state index in [0.717, 1.165) is 24.1 Å². The van der Waals surface area contributed by atoms with Gasteiger partial charge in [0.25, 0.3) is 0 Å². The summed E-state index contributed by atoms with van der Waals surface area (Å²) in [5.41, 5.74) is 1.71. The van der Waals surface area contributed by atoms with E-state index < -0.39 is 0 Å². The molecule has 0 spiro atoms. The second kappa shape index (κ2) is 8.09. The summed E-state index contributed by atoms with van der Waals surface area (Å²) >= 11 is 5.95. The number of aryl methyl sites for hydroxylation is 1. The van der Waals surface area contributed by atoms with E-state index in [1.54, 1.807) is 11.0 Å². The van der Waals surface area contributed by atoms with Gasteiger partial charge in [-0.3, -0.25) is 4.79 Å². The Balaban J connectivity index is 1.51. The predicted octanol–water partition coefficient (Wildman–Crippen LogP) is 3.90. The predicted molar refractivity (Wildman–Crippen MR) is 99.9 cm³/mol. The molecule has 0 aromatic heterocycles. The van der Waals surface area contributed by atoms with Crippen molar-refractivity contribution in [3.63, 3.8) is 0 Å². The zero-order valence-electron chi connectivity index (χ0n) is 14.8. The van der Waals surface area contributed by atoms with E-state index in [9.17, 15) is 9.59 Å². The minimum absolute atomic E-state index is 0.116. The largest absolute Gasteiger partial charge is 0.339 e. The van der Waals surface area contributed by atoms with Crippen molar-refractivity contribution in [2.45, 2.75) is 39.0 Å². The highest BCUT2D eigenvalue weighted by Crippen LogP contribution is 2.26. The lowest BCUT2D eigenvalue weighted by atomic mass is 9.88. The fourth-order valence-electron chi connectivity index (χ4n) is 3.70. The molecule has 1 saturated heterocycles. The van der Waals surface area contributed by atoms with E-state index >= 15 is 0 Å². The fourth-order valence-corrected chi connectivity index (χ4v) is 3.93. The van der Waals surface area contributed by atoms with Gasteiger partial charge in [-0.25, -0.2) is 4.79 Å². The number of piperazine rings is 1. The number of nitrogens with zero attached hydrogens (tertiary/aromatic N) is 2. The van der Waals surface area contributed by atoms with Crippen molar-refractivity contribution < 1.29 is 9.59 Å². The highest BCUT2D eigenvalue weighted by Gasteiger charge is 2.29. The zero-order chi connectivity index (χ0) is 17.8. The molecule has 1 aliphatic heterocycles. The first kappa shape index (κ1) is 18.1. The Hall–Kier alpha value is -1.75. The van der Waals surface area contributed by atoms with Crippen LogP contribution in [0.5, 0.6) is 0 Å². The molecule has 25 heavy (non-hydrogen) atoms. The van der Waals surface area contributed by atoms with Crippen molar-refractivity contribution in [2.75, 3.05) is 31.5 Å². The number of nitrogens with one attached hydrogen (secondary N) is 1. The zero-order valence-corrected chi connectivity index (χ0v) is 15.5. The molecule has 2 fully saturated rings. The lowest BCUT2D eigenvalue weighted by Crippen LogP contribution is -2.53. The number of benzene rings is 1. The van der Waals surface area contributed by atoms with Crippen molar-refractivity contribution in [2.24, 2.45) is 5.92 Å². The van der Waals surface area contributed by atoms with Gasteiger partial charge in [0, 0.05) is 42.8 Å². The topological polar surface area (TPSA) is 52.7 Å². The molecule has 6 heteroatoms. The van der Waals surface area contributed by atoms with Crippen LogP contribution in [0.25, 0.3) is 0 Å². The summed E-state index contributed by atoms with van der Waals surface area (Å²) in [6, 6.07) is 5.30. The SMILES string of the molecule is Cc1cc(Cl)ccc1NC(=O)N1CCN(C(=O)C2CCCCC2)CC1. The number of halogens is 1. The number of urea groups is 1. The number of anilines is 1. The summed E-state index contributed by atoms with van der Waals surface area (Å²) in [6.07, 6.45) is 5.63. The monoisotopic (exact) mass is 363 g/mol. The molecule has 1 heterocycles. The van der Waals surface area contributed by atoms with Gasteiger partial charge >= 0.3 is 6.03 Å². The summed E-state index contributed by atoms with van der Waals surface area (Å²) < 4.78 is 0. The number of hydrogen-bond acceptors (Lipinski definition) is 2. The number of amides is 3. The average molecular weight is 364 g/mol. The first-order chi connectivity index (χ1) is 12.0. The summed E-state index contributed by atoms with van der Waals surface area (Å²) in [6.45, 7) is 4.33. The minimum atomic E-state index is -0.116. The Morgan fingerprint density at radius 1 is 1.04 bits per heavy atom. The molecule has 1 aromatic carbocycles. The molecule has 3 rings (SSSR count). The molecule has 0 unspecified atom stereocenters. The Bertz CT molecular complexity index is 636. The van der Waals surface area contributed by atoms with Gasteiger partial charge in [-0.15, -0.1) is 0 Å². The average Bonchev–Trinajstić information content (AvgIpc) is 2.64. The van der Waals surface area contributed by atoms with E-state index in [4.69, 9.17) is 11.6 Å². The highest BCUT2D eigenvalue weighted by molar-refractivity contribution is 6.30. The second-order valence-electron chi connectivity index (χ2n) is 7.04. The number of hydrogen-bond donors (Lipinski definition) is 1. The summed E-state index contributed by atoms with van der Waals surface area (Å²) in [7, 11) is 0. The lowest BCUT2D eigenvalue weighted by Gasteiger charge is -2.37. The number of carbonyl (C=O) groups is 2. The molecular formula is C19H26ClN3O2. The van der Waals surface area contributed by atoms with Gasteiger partial charge in [0.15, 0.2) is 0 Å². The van der Waals surface area contributed by atoms with Crippen LogP contribution in [0, 0.1) is 12.8 Å². The molecule has 2 aliphatic rings. The quantitative estimate of drug-likeness (QED) is 0.866. The van der Waals surface area contributed by atoms with Crippen molar-refractivity contribution in [3.05, 3.63) is 28.8 Å². The van der Waals surface area contributed by atoms with Gasteiger partial charge in [-0.1, -0.05) is 30.9 Å². The van der Waals surface area contributed by atoms with E-state index in [1.165, 1.54) is 19.3 Å². The van der Waals surface area contributed by atoms with Crippen molar-refractivity contribution in [3.8, 4) is 0 Å². The summed E-state index contributed by atoms with van der Waals surface area (Å²) in [5, 5.41) is 3.60. The smallest absolute Gasteiger partial charge is 0.321 e. The van der Waals surface area contributed by atoms with Crippen LogP contribution in [0.15, 0.2) is 18.2 Å². The standard InChI is InChI=1S/C19H26ClN3O2/c1-14-13-16(20)7-8-17(14)21-19(25)23-11-9-22(10-12-23)18(24)15-5-3-2-4-6-15/h7-8,13,15H,2-6,9-12H2,1H3,(H,21,25). The summed E-state index contributed by atoms with van der Waals surface area (Å²) in [4.78, 5) is 28.8. The van der Waals surface area contributed by atoms with Crippen LogP contribution in [-0.2, 0) is 4.79 Å². The molecule has 0 radical (unpaired) electrons. The van der Waals surface area contributed by atoms with E-state index in [0.29, 0.717) is 31.2 Å². The Kier molecular flexibility index (Phi) is 5.84. The second-order valence-corrected chi connectivity index (χ2v) is 7.47. The van der Waals surface area contributed by atoms with Crippen LogP contribution < -0.4 is 5.32 Å². The number of carbonyl (C=O) groups excluding carboxylic acids is 2. The minimum Gasteiger partial charge on any atom is -0.339 e. The van der Waals surface area contributed by atoms with Crippen LogP contribution in [-0.4, -0.2) is 47.9 Å². The van der Waals surface area contributed by atoms with Gasteiger partial charge in [0.1, 0.15) is 0 Å². The van der Waals surface area contributed by atoms with E-state index in [2.05, 4.69) is 5.32 Å². The molecule has 1 aromatic rings. The van der Waals surface area contributed by atoms with Crippen LogP contribution in [0.2, 0.25) is 5.02 Å². The molecule has 0 bridgehead atoms. The first-order valence-electron chi connectivity index (χ1n) is 9.15. The molecular weight excluding hydrogens is 338 g/mol. The van der Waals surface area contributed by atoms with Gasteiger partial charge < -0.3 is 15.1 Å². The third-order valence-corrected chi connectivity index (χ3v) is 5.50. The lowest BCUT2D eigenvalue weighted by molar-refractivity contribution is -0.137. The van der Waals surface area contributed by atoms with Crippen molar-refractivity contribution >= 4 is 29.2 Å². The molecule has 1 saturated carbocycles. The third-order valence-electron chi connectivity index (χ3n) is 5.26. The van der Waals surface area contributed by atoms with E-state index in [-0.39, 0.29) is 17.9 Å². The Morgan fingerprint density at radius 2 is 1.68 bits per heavy atom.